The van der Waals surface area contributed by atoms with Crippen molar-refractivity contribution in [1.29, 1.82) is 0 Å². The molecule has 0 atom stereocenters. The number of benzene rings is 1. The molecule has 0 aromatic heterocycles. The van der Waals surface area contributed by atoms with Gasteiger partial charge in [0.05, 0.1) is 13.2 Å². The summed E-state index contributed by atoms with van der Waals surface area (Å²) >= 11 is 5.90. The van der Waals surface area contributed by atoms with Crippen LogP contribution in [0.1, 0.15) is 5.56 Å². The molecule has 0 saturated heterocycles. The van der Waals surface area contributed by atoms with Gasteiger partial charge < -0.3 is 4.74 Å². The van der Waals surface area contributed by atoms with E-state index in [1.807, 2.05) is 48.6 Å². The third-order valence-corrected chi connectivity index (χ3v) is 2.36. The molecular formula is C16H17ClO. The van der Waals surface area contributed by atoms with E-state index in [-0.39, 0.29) is 0 Å². The fraction of sp³-hybridized carbons (Fsp3) is 0.125. The summed E-state index contributed by atoms with van der Waals surface area (Å²) in [7, 11) is 0. The monoisotopic (exact) mass is 260 g/mol. The van der Waals surface area contributed by atoms with Crippen LogP contribution >= 0.6 is 11.6 Å². The van der Waals surface area contributed by atoms with Crippen LogP contribution in [0.15, 0.2) is 78.4 Å². The highest BCUT2D eigenvalue weighted by atomic mass is 35.5. The lowest BCUT2D eigenvalue weighted by molar-refractivity contribution is 0.148. The summed E-state index contributed by atoms with van der Waals surface area (Å²) in [5.74, 6) is 0. The zero-order chi connectivity index (χ0) is 13.1. The van der Waals surface area contributed by atoms with Gasteiger partial charge in [0, 0.05) is 5.03 Å². The van der Waals surface area contributed by atoms with Gasteiger partial charge in [-0.1, -0.05) is 72.8 Å². The zero-order valence-electron chi connectivity index (χ0n) is 10.3. The molecule has 0 N–H and O–H groups in total. The maximum Gasteiger partial charge on any atom is 0.0721 e. The first-order chi connectivity index (χ1) is 8.83. The first-order valence-corrected chi connectivity index (χ1v) is 6.14. The van der Waals surface area contributed by atoms with Crippen molar-refractivity contribution in [2.24, 2.45) is 0 Å². The molecule has 0 amide bonds. The Labute approximate surface area is 114 Å². The minimum Gasteiger partial charge on any atom is -0.373 e. The van der Waals surface area contributed by atoms with Gasteiger partial charge in [-0.05, 0) is 17.7 Å². The largest absolute Gasteiger partial charge is 0.373 e. The fourth-order valence-electron chi connectivity index (χ4n) is 1.25. The molecule has 2 heteroatoms. The lowest BCUT2D eigenvalue weighted by Crippen LogP contribution is -1.91. The van der Waals surface area contributed by atoms with Crippen LogP contribution in [0.3, 0.4) is 0 Å². The van der Waals surface area contributed by atoms with Gasteiger partial charge in [0.15, 0.2) is 0 Å². The Hall–Kier alpha value is -1.57. The molecule has 94 valence electrons. The lowest BCUT2D eigenvalue weighted by atomic mass is 10.2. The number of hydrogen-bond acceptors (Lipinski definition) is 1. The fourth-order valence-corrected chi connectivity index (χ4v) is 1.40. The van der Waals surface area contributed by atoms with Crippen molar-refractivity contribution in [2.45, 2.75) is 6.61 Å². The second-order valence-corrected chi connectivity index (χ2v) is 4.01. The van der Waals surface area contributed by atoms with Crippen LogP contribution in [0.5, 0.6) is 0 Å². The summed E-state index contributed by atoms with van der Waals surface area (Å²) < 4.78 is 5.49. The predicted octanol–water partition coefficient (Wildman–Crippen LogP) is 4.62. The van der Waals surface area contributed by atoms with Crippen molar-refractivity contribution in [1.82, 2.24) is 0 Å². The molecule has 0 radical (unpaired) electrons. The van der Waals surface area contributed by atoms with Crippen LogP contribution in [0.4, 0.5) is 0 Å². The lowest BCUT2D eigenvalue weighted by Gasteiger charge is -2.00. The maximum atomic E-state index is 5.90. The van der Waals surface area contributed by atoms with Gasteiger partial charge >= 0.3 is 0 Å². The van der Waals surface area contributed by atoms with Gasteiger partial charge in [-0.3, -0.25) is 0 Å². The first-order valence-electron chi connectivity index (χ1n) is 5.76. The van der Waals surface area contributed by atoms with Gasteiger partial charge in [-0.25, -0.2) is 0 Å². The van der Waals surface area contributed by atoms with E-state index in [2.05, 4.69) is 6.58 Å². The molecule has 0 saturated carbocycles. The molecule has 0 bridgehead atoms. The summed E-state index contributed by atoms with van der Waals surface area (Å²) in [6.45, 7) is 4.77. The van der Waals surface area contributed by atoms with Gasteiger partial charge in [0.1, 0.15) is 0 Å². The van der Waals surface area contributed by atoms with E-state index in [1.165, 1.54) is 5.56 Å². The van der Waals surface area contributed by atoms with E-state index in [4.69, 9.17) is 16.3 Å². The average molecular weight is 261 g/mol. The van der Waals surface area contributed by atoms with Gasteiger partial charge in [-0.2, -0.15) is 0 Å². The molecule has 1 rings (SSSR count). The molecule has 18 heavy (non-hydrogen) atoms. The topological polar surface area (TPSA) is 9.23 Å². The molecule has 0 aliphatic carbocycles. The van der Waals surface area contributed by atoms with Crippen LogP contribution in [0.2, 0.25) is 0 Å². The highest BCUT2D eigenvalue weighted by Gasteiger charge is 1.88. The Kier molecular flexibility index (Phi) is 7.61. The standard InChI is InChI=1S/C16H17ClO/c1-2-3-11-16(17)12-7-8-13-18-14-15-9-5-4-6-10-15/h2-12H,1,13-14H2/b8-7+,11-3-,16-12-. The number of ether oxygens (including phenoxy) is 1. The predicted molar refractivity (Wildman–Crippen MR) is 78.5 cm³/mol. The minimum atomic E-state index is 0.570. The van der Waals surface area contributed by atoms with Gasteiger partial charge in [-0.15, -0.1) is 0 Å². The van der Waals surface area contributed by atoms with Crippen LogP contribution < -0.4 is 0 Å². The molecule has 0 aliphatic rings. The van der Waals surface area contributed by atoms with E-state index in [9.17, 15) is 0 Å². The molecule has 0 unspecified atom stereocenters. The van der Waals surface area contributed by atoms with Crippen LogP contribution in [-0.4, -0.2) is 6.61 Å². The quantitative estimate of drug-likeness (QED) is 0.513. The number of halogens is 1. The summed E-state index contributed by atoms with van der Waals surface area (Å²) in [6, 6.07) is 10.1. The van der Waals surface area contributed by atoms with E-state index in [0.29, 0.717) is 18.2 Å². The van der Waals surface area contributed by atoms with Crippen LogP contribution in [0, 0.1) is 0 Å². The van der Waals surface area contributed by atoms with Crippen molar-refractivity contribution in [2.75, 3.05) is 6.61 Å². The zero-order valence-corrected chi connectivity index (χ0v) is 11.0. The third kappa shape index (κ3) is 6.89. The molecule has 0 heterocycles. The van der Waals surface area contributed by atoms with Crippen molar-refractivity contribution in [3.8, 4) is 0 Å². The maximum absolute atomic E-state index is 5.90. The minimum absolute atomic E-state index is 0.570. The Morgan fingerprint density at radius 1 is 1.22 bits per heavy atom. The smallest absolute Gasteiger partial charge is 0.0721 e. The van der Waals surface area contributed by atoms with Crippen molar-refractivity contribution >= 4 is 11.6 Å². The number of allylic oxidation sites excluding steroid dienone is 6. The highest BCUT2D eigenvalue weighted by molar-refractivity contribution is 6.31. The molecule has 0 spiro atoms. The Balaban J connectivity index is 2.22. The Morgan fingerprint density at radius 3 is 2.72 bits per heavy atom. The molecule has 1 aromatic rings. The Morgan fingerprint density at radius 2 is 2.00 bits per heavy atom. The first kappa shape index (κ1) is 14.5. The van der Waals surface area contributed by atoms with Crippen molar-refractivity contribution < 1.29 is 4.74 Å². The summed E-state index contributed by atoms with van der Waals surface area (Å²) in [5, 5.41) is 0.661. The average Bonchev–Trinajstić information content (AvgIpc) is 2.41. The molecule has 1 nitrogen and oxygen atoms in total. The van der Waals surface area contributed by atoms with Crippen molar-refractivity contribution in [3.63, 3.8) is 0 Å². The highest BCUT2D eigenvalue weighted by Crippen LogP contribution is 2.03. The second kappa shape index (κ2) is 9.46. The Bertz CT molecular complexity index is 430. The van der Waals surface area contributed by atoms with Crippen LogP contribution in [0.25, 0.3) is 0 Å². The van der Waals surface area contributed by atoms with E-state index in [1.54, 1.807) is 18.2 Å². The second-order valence-electron chi connectivity index (χ2n) is 3.58. The summed E-state index contributed by atoms with van der Waals surface area (Å²) in [4.78, 5) is 0. The van der Waals surface area contributed by atoms with Gasteiger partial charge in [0.25, 0.3) is 0 Å². The van der Waals surface area contributed by atoms with Gasteiger partial charge in [0.2, 0.25) is 0 Å². The molecule has 1 aromatic carbocycles. The number of hydrogen-bond donors (Lipinski definition) is 0. The SMILES string of the molecule is C=C\C=C/C(Cl)=C/C=C/COCc1ccccc1. The van der Waals surface area contributed by atoms with Crippen molar-refractivity contribution in [3.05, 3.63) is 84.0 Å². The third-order valence-electron chi connectivity index (χ3n) is 2.11. The van der Waals surface area contributed by atoms with E-state index in [0.717, 1.165) is 0 Å². The van der Waals surface area contributed by atoms with Crippen LogP contribution in [-0.2, 0) is 11.3 Å². The molecule has 0 fully saturated rings. The summed E-state index contributed by atoms with van der Waals surface area (Å²) in [5.41, 5.74) is 1.17. The normalized spacial score (nSPS) is 12.4. The summed E-state index contributed by atoms with van der Waals surface area (Å²) in [6.07, 6.45) is 10.9. The van der Waals surface area contributed by atoms with E-state index < -0.39 is 0 Å². The number of rotatable bonds is 7. The molecule has 0 aliphatic heterocycles. The molecular weight excluding hydrogens is 244 g/mol. The van der Waals surface area contributed by atoms with E-state index >= 15 is 0 Å².